The van der Waals surface area contributed by atoms with Crippen LogP contribution in [0.15, 0.2) is 36.4 Å². The minimum Gasteiger partial charge on any atom is -0.491 e. The second-order valence-corrected chi connectivity index (χ2v) is 6.17. The molecule has 0 aliphatic rings. The number of nitrogens with one attached hydrogen (secondary N) is 2. The van der Waals surface area contributed by atoms with E-state index in [0.717, 1.165) is 12.1 Å². The van der Waals surface area contributed by atoms with Crippen molar-refractivity contribution in [2.75, 3.05) is 23.8 Å². The van der Waals surface area contributed by atoms with Gasteiger partial charge in [0.05, 0.1) is 40.6 Å². The Kier molecular flexibility index (Phi) is 7.03. The predicted octanol–water partition coefficient (Wildman–Crippen LogP) is 4.76. The number of hydrogen-bond donors (Lipinski definition) is 2. The summed E-state index contributed by atoms with van der Waals surface area (Å²) < 4.78 is 44.4. The molecule has 0 fully saturated rings. The van der Waals surface area contributed by atoms with Gasteiger partial charge in [0, 0.05) is 6.07 Å². The van der Waals surface area contributed by atoms with E-state index in [9.17, 15) is 28.1 Å². The van der Waals surface area contributed by atoms with E-state index in [-0.39, 0.29) is 34.9 Å². The SMILES string of the molecule is CCCOc1ccc(C(F)(F)F)cc1NCC(=O)Nc1cccc([N+](=O)[O-])c1C. The van der Waals surface area contributed by atoms with Crippen molar-refractivity contribution in [3.8, 4) is 5.75 Å². The normalized spacial score (nSPS) is 11.1. The van der Waals surface area contributed by atoms with Gasteiger partial charge < -0.3 is 15.4 Å². The lowest BCUT2D eigenvalue weighted by Crippen LogP contribution is -2.23. The van der Waals surface area contributed by atoms with Crippen LogP contribution in [0.25, 0.3) is 0 Å². The van der Waals surface area contributed by atoms with Gasteiger partial charge in [-0.1, -0.05) is 13.0 Å². The Bertz CT molecular complexity index is 901. The van der Waals surface area contributed by atoms with Crippen LogP contribution >= 0.6 is 0 Å². The monoisotopic (exact) mass is 411 g/mol. The highest BCUT2D eigenvalue weighted by Gasteiger charge is 2.31. The number of nitro benzene ring substituents is 1. The Morgan fingerprint density at radius 1 is 1.21 bits per heavy atom. The molecule has 2 N–H and O–H groups in total. The quantitative estimate of drug-likeness (QED) is 0.483. The molecule has 0 unspecified atom stereocenters. The summed E-state index contributed by atoms with van der Waals surface area (Å²) in [6, 6.07) is 7.21. The number of benzene rings is 2. The summed E-state index contributed by atoms with van der Waals surface area (Å²) in [4.78, 5) is 22.6. The zero-order valence-corrected chi connectivity index (χ0v) is 15.8. The van der Waals surface area contributed by atoms with E-state index in [2.05, 4.69) is 10.6 Å². The molecule has 0 bridgehead atoms. The Morgan fingerprint density at radius 2 is 1.93 bits per heavy atom. The first-order valence-corrected chi connectivity index (χ1v) is 8.75. The Labute approximate surface area is 165 Å². The van der Waals surface area contributed by atoms with Gasteiger partial charge in [-0.2, -0.15) is 13.2 Å². The minimum absolute atomic E-state index is 0.0270. The molecule has 1 amide bonds. The average Bonchev–Trinajstić information content (AvgIpc) is 2.65. The third kappa shape index (κ3) is 5.84. The molecule has 0 saturated heterocycles. The first-order chi connectivity index (χ1) is 13.6. The number of alkyl halides is 3. The number of nitrogens with zero attached hydrogens (tertiary/aromatic N) is 1. The van der Waals surface area contributed by atoms with E-state index in [0.29, 0.717) is 13.0 Å². The van der Waals surface area contributed by atoms with Crippen molar-refractivity contribution in [2.24, 2.45) is 0 Å². The van der Waals surface area contributed by atoms with Crippen LogP contribution in [0.2, 0.25) is 0 Å². The van der Waals surface area contributed by atoms with Crippen molar-refractivity contribution in [1.82, 2.24) is 0 Å². The molecule has 0 heterocycles. The predicted molar refractivity (Wildman–Crippen MR) is 102 cm³/mol. The van der Waals surface area contributed by atoms with Crippen molar-refractivity contribution in [3.63, 3.8) is 0 Å². The van der Waals surface area contributed by atoms with Crippen LogP contribution in [-0.2, 0) is 11.0 Å². The summed E-state index contributed by atoms with van der Waals surface area (Å²) in [5, 5.41) is 16.1. The van der Waals surface area contributed by atoms with Gasteiger partial charge in [0.25, 0.3) is 5.69 Å². The Morgan fingerprint density at radius 3 is 2.55 bits per heavy atom. The van der Waals surface area contributed by atoms with E-state index in [1.165, 1.54) is 31.2 Å². The van der Waals surface area contributed by atoms with Crippen molar-refractivity contribution in [1.29, 1.82) is 0 Å². The van der Waals surface area contributed by atoms with Crippen molar-refractivity contribution >= 4 is 23.0 Å². The Hall–Kier alpha value is -3.30. The summed E-state index contributed by atoms with van der Waals surface area (Å²) in [5.41, 5.74) is -0.476. The van der Waals surface area contributed by atoms with Crippen LogP contribution in [0.1, 0.15) is 24.5 Å². The van der Waals surface area contributed by atoms with Crippen LogP contribution < -0.4 is 15.4 Å². The maximum Gasteiger partial charge on any atom is 0.416 e. The largest absolute Gasteiger partial charge is 0.491 e. The molecule has 2 aromatic carbocycles. The van der Waals surface area contributed by atoms with Crippen LogP contribution in [-0.4, -0.2) is 24.0 Å². The van der Waals surface area contributed by atoms with Gasteiger partial charge in [-0.25, -0.2) is 0 Å². The van der Waals surface area contributed by atoms with Gasteiger partial charge in [0.2, 0.25) is 5.91 Å². The zero-order valence-electron chi connectivity index (χ0n) is 15.8. The van der Waals surface area contributed by atoms with E-state index in [1.807, 2.05) is 6.92 Å². The summed E-state index contributed by atoms with van der Waals surface area (Å²) in [6.45, 7) is 3.29. The van der Waals surface area contributed by atoms with Crippen LogP contribution in [0.4, 0.5) is 30.2 Å². The maximum absolute atomic E-state index is 13.0. The molecular weight excluding hydrogens is 391 g/mol. The summed E-state index contributed by atoms with van der Waals surface area (Å²) in [5.74, 6) is -0.383. The number of carbonyl (C=O) groups is 1. The van der Waals surface area contributed by atoms with Crippen molar-refractivity contribution in [2.45, 2.75) is 26.4 Å². The summed E-state index contributed by atoms with van der Waals surface area (Å²) in [6.07, 6.45) is -3.88. The average molecular weight is 411 g/mol. The number of anilines is 2. The topological polar surface area (TPSA) is 93.5 Å². The first kappa shape index (κ1) is 22.0. The summed E-state index contributed by atoms with van der Waals surface area (Å²) in [7, 11) is 0. The number of halogens is 3. The summed E-state index contributed by atoms with van der Waals surface area (Å²) >= 11 is 0. The van der Waals surface area contributed by atoms with E-state index in [1.54, 1.807) is 0 Å². The number of rotatable bonds is 8. The van der Waals surface area contributed by atoms with E-state index < -0.39 is 22.6 Å². The van der Waals surface area contributed by atoms with Gasteiger partial charge in [-0.3, -0.25) is 14.9 Å². The molecule has 0 aliphatic carbocycles. The molecule has 10 heteroatoms. The standard InChI is InChI=1S/C19H20F3N3O4/c1-3-9-29-17-8-7-13(19(20,21)22)10-15(17)23-11-18(26)24-14-5-4-6-16(12(14)2)25(27)28/h4-8,10,23H,3,9,11H2,1-2H3,(H,24,26). The van der Waals surface area contributed by atoms with E-state index >= 15 is 0 Å². The molecule has 29 heavy (non-hydrogen) atoms. The highest BCUT2D eigenvalue weighted by molar-refractivity contribution is 5.95. The van der Waals surface area contributed by atoms with E-state index in [4.69, 9.17) is 4.74 Å². The van der Waals surface area contributed by atoms with Gasteiger partial charge in [0.1, 0.15) is 5.75 Å². The molecule has 0 radical (unpaired) electrons. The molecule has 0 spiro atoms. The van der Waals surface area contributed by atoms with Gasteiger partial charge >= 0.3 is 6.18 Å². The lowest BCUT2D eigenvalue weighted by molar-refractivity contribution is -0.385. The molecule has 7 nitrogen and oxygen atoms in total. The van der Waals surface area contributed by atoms with Crippen molar-refractivity contribution in [3.05, 3.63) is 57.6 Å². The third-order valence-electron chi connectivity index (χ3n) is 3.98. The smallest absolute Gasteiger partial charge is 0.416 e. The lowest BCUT2D eigenvalue weighted by Gasteiger charge is -2.16. The highest BCUT2D eigenvalue weighted by Crippen LogP contribution is 2.35. The molecule has 2 rings (SSSR count). The second-order valence-electron chi connectivity index (χ2n) is 6.17. The number of amides is 1. The zero-order chi connectivity index (χ0) is 21.6. The second kappa shape index (κ2) is 9.26. The minimum atomic E-state index is -4.54. The molecule has 0 aliphatic heterocycles. The first-order valence-electron chi connectivity index (χ1n) is 8.75. The molecule has 156 valence electrons. The van der Waals surface area contributed by atoms with Crippen molar-refractivity contribution < 1.29 is 27.6 Å². The van der Waals surface area contributed by atoms with Gasteiger partial charge in [-0.15, -0.1) is 0 Å². The highest BCUT2D eigenvalue weighted by atomic mass is 19.4. The molecule has 0 aromatic heterocycles. The number of hydrogen-bond acceptors (Lipinski definition) is 5. The van der Waals surface area contributed by atoms with Crippen LogP contribution in [0, 0.1) is 17.0 Å². The van der Waals surface area contributed by atoms with Gasteiger partial charge in [0.15, 0.2) is 0 Å². The number of carbonyl (C=O) groups excluding carboxylic acids is 1. The lowest BCUT2D eigenvalue weighted by atomic mass is 10.1. The maximum atomic E-state index is 13.0. The third-order valence-corrected chi connectivity index (χ3v) is 3.98. The molecule has 0 atom stereocenters. The van der Waals surface area contributed by atoms with Crippen LogP contribution in [0.3, 0.4) is 0 Å². The molecule has 0 saturated carbocycles. The van der Waals surface area contributed by atoms with Gasteiger partial charge in [-0.05, 0) is 37.6 Å². The van der Waals surface area contributed by atoms with Crippen LogP contribution in [0.5, 0.6) is 5.75 Å². The number of nitro groups is 1. The molecular formula is C19H20F3N3O4. The fraction of sp³-hybridized carbons (Fsp3) is 0.316. The fourth-order valence-corrected chi connectivity index (χ4v) is 2.51. The Balaban J connectivity index is 2.14. The fourth-order valence-electron chi connectivity index (χ4n) is 2.51. The number of ether oxygens (including phenoxy) is 1. The molecule has 2 aromatic rings.